The zero-order valence-corrected chi connectivity index (χ0v) is 28.5. The number of fused-ring (bicyclic) bond motifs is 6. The van der Waals surface area contributed by atoms with E-state index in [1.54, 1.807) is 0 Å². The van der Waals surface area contributed by atoms with Crippen molar-refractivity contribution in [2.75, 3.05) is 4.90 Å². The standard InChI is InChI=1S/C50H34N2/c1-3-15-35(16-4-1)36-29-32-40(33-30-36)51(39-20-5-2-6-21-39)45-26-11-12-27-46(45)52-47-28-14-25-44(43-24-13-19-37-17-7-9-22-41(37)43)50(47)49-42-23-10-8-18-38(42)31-34-48(49)52/h1-34H. The molecule has 9 aromatic carbocycles. The van der Waals surface area contributed by atoms with Gasteiger partial charge in [-0.15, -0.1) is 0 Å². The van der Waals surface area contributed by atoms with Crippen molar-refractivity contribution in [1.82, 2.24) is 4.57 Å². The molecule has 1 heterocycles. The van der Waals surface area contributed by atoms with Crippen molar-refractivity contribution in [3.8, 4) is 27.9 Å². The van der Waals surface area contributed by atoms with Crippen LogP contribution in [0.1, 0.15) is 0 Å². The molecule has 0 aliphatic rings. The van der Waals surface area contributed by atoms with Crippen molar-refractivity contribution in [1.29, 1.82) is 0 Å². The van der Waals surface area contributed by atoms with Crippen LogP contribution < -0.4 is 4.90 Å². The number of hydrogen-bond acceptors (Lipinski definition) is 1. The van der Waals surface area contributed by atoms with Gasteiger partial charge in [0.05, 0.1) is 22.4 Å². The maximum absolute atomic E-state index is 2.48. The van der Waals surface area contributed by atoms with Crippen LogP contribution in [0.2, 0.25) is 0 Å². The molecule has 0 aliphatic carbocycles. The monoisotopic (exact) mass is 662 g/mol. The minimum Gasteiger partial charge on any atom is -0.308 e. The molecule has 0 radical (unpaired) electrons. The van der Waals surface area contributed by atoms with Gasteiger partial charge >= 0.3 is 0 Å². The maximum atomic E-state index is 2.48. The first-order valence-electron chi connectivity index (χ1n) is 17.9. The van der Waals surface area contributed by atoms with E-state index in [1.807, 2.05) is 0 Å². The van der Waals surface area contributed by atoms with E-state index < -0.39 is 0 Å². The van der Waals surface area contributed by atoms with Gasteiger partial charge in [0.25, 0.3) is 0 Å². The van der Waals surface area contributed by atoms with Crippen LogP contribution in [0.15, 0.2) is 206 Å². The average molecular weight is 663 g/mol. The first-order valence-corrected chi connectivity index (χ1v) is 17.9. The van der Waals surface area contributed by atoms with Crippen molar-refractivity contribution in [3.63, 3.8) is 0 Å². The number of para-hydroxylation sites is 3. The number of anilines is 3. The van der Waals surface area contributed by atoms with E-state index in [9.17, 15) is 0 Å². The fourth-order valence-electron chi connectivity index (χ4n) is 8.05. The van der Waals surface area contributed by atoms with Crippen molar-refractivity contribution >= 4 is 60.4 Å². The molecule has 0 amide bonds. The van der Waals surface area contributed by atoms with Crippen LogP contribution in [-0.4, -0.2) is 4.57 Å². The van der Waals surface area contributed by atoms with Crippen molar-refractivity contribution in [2.24, 2.45) is 0 Å². The Balaban J connectivity index is 1.27. The summed E-state index contributed by atoms with van der Waals surface area (Å²) in [5, 5.41) is 7.52. The van der Waals surface area contributed by atoms with Crippen LogP contribution in [-0.2, 0) is 0 Å². The minimum absolute atomic E-state index is 1.10. The second-order valence-electron chi connectivity index (χ2n) is 13.3. The van der Waals surface area contributed by atoms with E-state index in [0.717, 1.165) is 22.7 Å². The summed E-state index contributed by atoms with van der Waals surface area (Å²) in [5.41, 5.74) is 11.7. The Morgan fingerprint density at radius 1 is 0.327 bits per heavy atom. The molecule has 1 aromatic heterocycles. The van der Waals surface area contributed by atoms with Crippen molar-refractivity contribution in [3.05, 3.63) is 206 Å². The van der Waals surface area contributed by atoms with Gasteiger partial charge in [0.2, 0.25) is 0 Å². The Morgan fingerprint density at radius 3 is 1.69 bits per heavy atom. The molecule has 0 aliphatic heterocycles. The molecule has 0 spiro atoms. The number of rotatable bonds is 6. The summed E-state index contributed by atoms with van der Waals surface area (Å²) in [4.78, 5) is 2.39. The van der Waals surface area contributed by atoms with Gasteiger partial charge in [-0.25, -0.2) is 0 Å². The molecule has 0 N–H and O–H groups in total. The lowest BCUT2D eigenvalue weighted by molar-refractivity contribution is 1.15. The molecular formula is C50H34N2. The summed E-state index contributed by atoms with van der Waals surface area (Å²) in [6, 6.07) is 74.6. The van der Waals surface area contributed by atoms with E-state index in [0.29, 0.717) is 0 Å². The summed E-state index contributed by atoms with van der Waals surface area (Å²) >= 11 is 0. The first kappa shape index (κ1) is 30.0. The second kappa shape index (κ2) is 12.5. The molecule has 0 fully saturated rings. The van der Waals surface area contributed by atoms with E-state index in [2.05, 4.69) is 216 Å². The Kier molecular flexibility index (Phi) is 7.18. The minimum atomic E-state index is 1.10. The van der Waals surface area contributed by atoms with E-state index in [4.69, 9.17) is 0 Å². The van der Waals surface area contributed by atoms with Gasteiger partial charge in [0.1, 0.15) is 0 Å². The predicted octanol–water partition coefficient (Wildman–Crippen LogP) is 13.9. The average Bonchev–Trinajstić information content (AvgIpc) is 3.57. The van der Waals surface area contributed by atoms with Gasteiger partial charge in [-0.3, -0.25) is 0 Å². The highest BCUT2D eigenvalue weighted by Crippen LogP contribution is 2.46. The number of aromatic nitrogens is 1. The summed E-state index contributed by atoms with van der Waals surface area (Å²) in [7, 11) is 0. The fourth-order valence-corrected chi connectivity index (χ4v) is 8.05. The highest BCUT2D eigenvalue weighted by molar-refractivity contribution is 6.26. The van der Waals surface area contributed by atoms with Crippen LogP contribution >= 0.6 is 0 Å². The van der Waals surface area contributed by atoms with Gasteiger partial charge in [-0.05, 0) is 92.3 Å². The normalized spacial score (nSPS) is 11.5. The topological polar surface area (TPSA) is 8.17 Å². The van der Waals surface area contributed by atoms with Gasteiger partial charge in [-0.2, -0.15) is 0 Å². The van der Waals surface area contributed by atoms with Gasteiger partial charge in [-0.1, -0.05) is 158 Å². The quantitative estimate of drug-likeness (QED) is 0.172. The molecule has 0 bridgehead atoms. The molecule has 0 saturated heterocycles. The summed E-state index contributed by atoms with van der Waals surface area (Å²) < 4.78 is 2.48. The van der Waals surface area contributed by atoms with Gasteiger partial charge in [0.15, 0.2) is 0 Å². The third kappa shape index (κ3) is 4.88. The Labute approximate surface area is 303 Å². The molecule has 2 nitrogen and oxygen atoms in total. The zero-order valence-electron chi connectivity index (χ0n) is 28.5. The van der Waals surface area contributed by atoms with Gasteiger partial charge < -0.3 is 9.47 Å². The highest BCUT2D eigenvalue weighted by atomic mass is 15.2. The second-order valence-corrected chi connectivity index (χ2v) is 13.3. The van der Waals surface area contributed by atoms with Crippen molar-refractivity contribution in [2.45, 2.75) is 0 Å². The molecule has 0 saturated carbocycles. The molecule has 0 atom stereocenters. The molecule has 0 unspecified atom stereocenters. The zero-order chi connectivity index (χ0) is 34.4. The predicted molar refractivity (Wildman–Crippen MR) is 221 cm³/mol. The molecule has 244 valence electrons. The highest BCUT2D eigenvalue weighted by Gasteiger charge is 2.23. The Bertz CT molecular complexity index is 2880. The van der Waals surface area contributed by atoms with Crippen LogP contribution in [0.3, 0.4) is 0 Å². The smallest absolute Gasteiger partial charge is 0.0702 e. The number of benzene rings is 9. The van der Waals surface area contributed by atoms with E-state index >= 15 is 0 Å². The lowest BCUT2D eigenvalue weighted by atomic mass is 9.93. The lowest BCUT2D eigenvalue weighted by Gasteiger charge is -2.28. The van der Waals surface area contributed by atoms with Gasteiger partial charge in [0, 0.05) is 22.1 Å². The van der Waals surface area contributed by atoms with Crippen molar-refractivity contribution < 1.29 is 0 Å². The molecule has 10 rings (SSSR count). The number of nitrogens with zero attached hydrogens (tertiary/aromatic N) is 2. The third-order valence-corrected chi connectivity index (χ3v) is 10.4. The lowest BCUT2D eigenvalue weighted by Crippen LogP contribution is -2.13. The maximum Gasteiger partial charge on any atom is 0.0702 e. The van der Waals surface area contributed by atoms with E-state index in [-0.39, 0.29) is 0 Å². The molecule has 10 aromatic rings. The SMILES string of the molecule is c1ccc(-c2ccc(N(c3ccccc3)c3ccccc3-n3c4cccc(-c5cccc6ccccc56)c4c4c5ccccc5ccc43)cc2)cc1. The molecular weight excluding hydrogens is 629 g/mol. The number of hydrogen-bond donors (Lipinski definition) is 0. The first-order chi connectivity index (χ1) is 25.8. The summed E-state index contributed by atoms with van der Waals surface area (Å²) in [6.45, 7) is 0. The summed E-state index contributed by atoms with van der Waals surface area (Å²) in [5.74, 6) is 0. The van der Waals surface area contributed by atoms with Crippen LogP contribution in [0.25, 0.3) is 71.3 Å². The summed E-state index contributed by atoms with van der Waals surface area (Å²) in [6.07, 6.45) is 0. The largest absolute Gasteiger partial charge is 0.308 e. The van der Waals surface area contributed by atoms with E-state index in [1.165, 1.54) is 65.6 Å². The molecule has 2 heteroatoms. The molecule has 52 heavy (non-hydrogen) atoms. The Hall–Kier alpha value is -6.90. The fraction of sp³-hybridized carbons (Fsp3) is 0. The van der Waals surface area contributed by atoms with Crippen LogP contribution in [0.4, 0.5) is 17.1 Å². The Morgan fingerprint density at radius 2 is 0.885 bits per heavy atom. The van der Waals surface area contributed by atoms with Crippen LogP contribution in [0.5, 0.6) is 0 Å². The third-order valence-electron chi connectivity index (χ3n) is 10.4. The van der Waals surface area contributed by atoms with Crippen LogP contribution in [0, 0.1) is 0 Å².